The van der Waals surface area contributed by atoms with Gasteiger partial charge in [0.2, 0.25) is 0 Å². The third-order valence-electron chi connectivity index (χ3n) is 5.42. The van der Waals surface area contributed by atoms with Crippen LogP contribution in [0.3, 0.4) is 0 Å². The van der Waals surface area contributed by atoms with E-state index in [2.05, 4.69) is 15.2 Å². The fourth-order valence-electron chi connectivity index (χ4n) is 3.69. The summed E-state index contributed by atoms with van der Waals surface area (Å²) in [6.07, 6.45) is 0. The molecular formula is C22H27N3O5S. The second-order valence-electron chi connectivity index (χ2n) is 7.61. The molecule has 31 heavy (non-hydrogen) atoms. The molecule has 0 bridgehead atoms. The quantitative estimate of drug-likeness (QED) is 0.550. The van der Waals surface area contributed by atoms with E-state index in [1.54, 1.807) is 23.8 Å². The number of aromatic nitrogens is 1. The van der Waals surface area contributed by atoms with Crippen molar-refractivity contribution in [1.29, 1.82) is 0 Å². The zero-order chi connectivity index (χ0) is 21.8. The molecular weight excluding hydrogens is 418 g/mol. The number of thiazole rings is 1. The van der Waals surface area contributed by atoms with Gasteiger partial charge in [0.05, 0.1) is 47.5 Å². The fourth-order valence-corrected chi connectivity index (χ4v) is 4.37. The lowest BCUT2D eigenvalue weighted by Gasteiger charge is -2.30. The average molecular weight is 446 g/mol. The highest BCUT2D eigenvalue weighted by Gasteiger charge is 2.23. The molecule has 1 saturated heterocycles. The molecule has 0 spiro atoms. The van der Waals surface area contributed by atoms with Gasteiger partial charge in [0.15, 0.2) is 0 Å². The Labute approximate surface area is 184 Å². The highest BCUT2D eigenvalue weighted by atomic mass is 32.1. The first kappa shape index (κ1) is 21.8. The standard InChI is InChI=1S/C22H27N3O5S/c1-14-20(31-13-23-14)12-29-17-3-4-19-18(9-17)21(15(2)30-19)22(27)24-16(11-26)10-25-5-7-28-8-6-25/h3-4,9,13,16,26H,5-8,10-12H2,1-2H3,(H,24,27). The van der Waals surface area contributed by atoms with Crippen LogP contribution in [-0.4, -0.2) is 66.4 Å². The molecule has 166 valence electrons. The number of aliphatic hydroxyl groups excluding tert-OH is 1. The van der Waals surface area contributed by atoms with Gasteiger partial charge in [-0.3, -0.25) is 9.69 Å². The number of amides is 1. The maximum Gasteiger partial charge on any atom is 0.255 e. The van der Waals surface area contributed by atoms with Gasteiger partial charge < -0.3 is 24.3 Å². The highest BCUT2D eigenvalue weighted by molar-refractivity contribution is 7.09. The van der Waals surface area contributed by atoms with Crippen LogP contribution in [0.1, 0.15) is 26.7 Å². The predicted octanol–water partition coefficient (Wildman–Crippen LogP) is 2.51. The summed E-state index contributed by atoms with van der Waals surface area (Å²) in [5, 5.41) is 13.4. The van der Waals surface area contributed by atoms with E-state index >= 15 is 0 Å². The van der Waals surface area contributed by atoms with Crippen LogP contribution in [0.25, 0.3) is 11.0 Å². The van der Waals surface area contributed by atoms with Gasteiger partial charge in [-0.1, -0.05) is 0 Å². The van der Waals surface area contributed by atoms with Gasteiger partial charge in [0.1, 0.15) is 23.7 Å². The van der Waals surface area contributed by atoms with Crippen molar-refractivity contribution in [2.75, 3.05) is 39.5 Å². The number of furan rings is 1. The number of nitrogens with one attached hydrogen (secondary N) is 1. The van der Waals surface area contributed by atoms with Crippen molar-refractivity contribution in [3.63, 3.8) is 0 Å². The van der Waals surface area contributed by atoms with Crippen molar-refractivity contribution in [3.05, 3.63) is 45.6 Å². The molecule has 1 unspecified atom stereocenters. The van der Waals surface area contributed by atoms with Gasteiger partial charge in [-0.05, 0) is 32.0 Å². The lowest BCUT2D eigenvalue weighted by molar-refractivity contribution is 0.0297. The molecule has 3 aromatic rings. The minimum atomic E-state index is -0.372. The summed E-state index contributed by atoms with van der Waals surface area (Å²) in [7, 11) is 0. The second kappa shape index (κ2) is 9.78. The number of carbonyl (C=O) groups is 1. The summed E-state index contributed by atoms with van der Waals surface area (Å²) in [5.41, 5.74) is 3.85. The number of ether oxygens (including phenoxy) is 2. The number of nitrogens with zero attached hydrogens (tertiary/aromatic N) is 2. The SMILES string of the molecule is Cc1ncsc1COc1ccc2oc(C)c(C(=O)NC(CO)CN3CCOCC3)c2c1. The van der Waals surface area contributed by atoms with Gasteiger partial charge in [-0.2, -0.15) is 0 Å². The van der Waals surface area contributed by atoms with Crippen molar-refractivity contribution < 1.29 is 23.8 Å². The van der Waals surface area contributed by atoms with Gasteiger partial charge in [0.25, 0.3) is 5.91 Å². The third-order valence-corrected chi connectivity index (χ3v) is 6.32. The van der Waals surface area contributed by atoms with Gasteiger partial charge in [-0.15, -0.1) is 11.3 Å². The smallest absolute Gasteiger partial charge is 0.255 e. The molecule has 1 aliphatic heterocycles. The highest BCUT2D eigenvalue weighted by Crippen LogP contribution is 2.30. The molecule has 1 atom stereocenters. The number of aliphatic hydroxyl groups is 1. The second-order valence-corrected chi connectivity index (χ2v) is 8.55. The maximum atomic E-state index is 13.1. The zero-order valence-electron chi connectivity index (χ0n) is 17.7. The molecule has 2 aromatic heterocycles. The first-order chi connectivity index (χ1) is 15.0. The molecule has 1 fully saturated rings. The van der Waals surface area contributed by atoms with Crippen LogP contribution in [0.4, 0.5) is 0 Å². The van der Waals surface area contributed by atoms with Gasteiger partial charge in [-0.25, -0.2) is 4.98 Å². The van der Waals surface area contributed by atoms with E-state index in [4.69, 9.17) is 13.9 Å². The van der Waals surface area contributed by atoms with E-state index in [9.17, 15) is 9.90 Å². The summed E-state index contributed by atoms with van der Waals surface area (Å²) in [5.74, 6) is 0.923. The number of benzene rings is 1. The van der Waals surface area contributed by atoms with Crippen molar-refractivity contribution in [1.82, 2.24) is 15.2 Å². The predicted molar refractivity (Wildman–Crippen MR) is 118 cm³/mol. The monoisotopic (exact) mass is 445 g/mol. The molecule has 4 rings (SSSR count). The summed E-state index contributed by atoms with van der Waals surface area (Å²) >= 11 is 1.55. The number of rotatable bonds is 8. The Kier molecular flexibility index (Phi) is 6.86. The van der Waals surface area contributed by atoms with Crippen molar-refractivity contribution in [3.8, 4) is 5.75 Å². The Morgan fingerprint density at radius 3 is 2.87 bits per heavy atom. The summed E-state index contributed by atoms with van der Waals surface area (Å²) < 4.78 is 17.1. The lowest BCUT2D eigenvalue weighted by atomic mass is 10.1. The van der Waals surface area contributed by atoms with Crippen LogP contribution in [0.5, 0.6) is 5.75 Å². The summed E-state index contributed by atoms with van der Waals surface area (Å²) in [6, 6.07) is 5.10. The Bertz CT molecular complexity index is 1040. The Morgan fingerprint density at radius 1 is 1.35 bits per heavy atom. The molecule has 9 heteroatoms. The first-order valence-electron chi connectivity index (χ1n) is 10.3. The van der Waals surface area contributed by atoms with Gasteiger partial charge >= 0.3 is 0 Å². The molecule has 8 nitrogen and oxygen atoms in total. The molecule has 2 N–H and O–H groups in total. The average Bonchev–Trinajstić information content (AvgIpc) is 3.33. The van der Waals surface area contributed by atoms with Crippen molar-refractivity contribution in [2.24, 2.45) is 0 Å². The molecule has 0 saturated carbocycles. The van der Waals surface area contributed by atoms with Crippen LogP contribution in [0, 0.1) is 13.8 Å². The molecule has 1 aliphatic rings. The number of fused-ring (bicyclic) bond motifs is 1. The molecule has 1 aromatic carbocycles. The Morgan fingerprint density at radius 2 is 2.16 bits per heavy atom. The number of aryl methyl sites for hydroxylation is 2. The third kappa shape index (κ3) is 5.07. The molecule has 0 radical (unpaired) electrons. The fraction of sp³-hybridized carbons (Fsp3) is 0.455. The van der Waals surface area contributed by atoms with E-state index in [1.165, 1.54) is 0 Å². The lowest BCUT2D eigenvalue weighted by Crippen LogP contribution is -2.49. The molecule has 3 heterocycles. The Hall–Kier alpha value is -2.46. The number of morpholine rings is 1. The summed E-state index contributed by atoms with van der Waals surface area (Å²) in [6.45, 7) is 7.50. The van der Waals surface area contributed by atoms with E-state index in [1.807, 2.05) is 25.1 Å². The van der Waals surface area contributed by atoms with E-state index < -0.39 is 0 Å². The van der Waals surface area contributed by atoms with Crippen LogP contribution in [-0.2, 0) is 11.3 Å². The Balaban J connectivity index is 1.49. The van der Waals surface area contributed by atoms with Crippen molar-refractivity contribution >= 4 is 28.2 Å². The van der Waals surface area contributed by atoms with Crippen LogP contribution < -0.4 is 10.1 Å². The minimum Gasteiger partial charge on any atom is -0.488 e. The first-order valence-corrected chi connectivity index (χ1v) is 11.2. The molecule has 0 aliphatic carbocycles. The normalized spacial score (nSPS) is 15.8. The van der Waals surface area contributed by atoms with Gasteiger partial charge in [0, 0.05) is 25.0 Å². The zero-order valence-corrected chi connectivity index (χ0v) is 18.5. The topological polar surface area (TPSA) is 97.1 Å². The van der Waals surface area contributed by atoms with E-state index in [0.29, 0.717) is 54.4 Å². The summed E-state index contributed by atoms with van der Waals surface area (Å²) in [4.78, 5) is 20.6. The maximum absolute atomic E-state index is 13.1. The largest absolute Gasteiger partial charge is 0.488 e. The van der Waals surface area contributed by atoms with E-state index in [0.717, 1.165) is 23.7 Å². The van der Waals surface area contributed by atoms with Crippen molar-refractivity contribution in [2.45, 2.75) is 26.5 Å². The number of carbonyl (C=O) groups excluding carboxylic acids is 1. The minimum absolute atomic E-state index is 0.138. The number of hydrogen-bond acceptors (Lipinski definition) is 8. The molecule has 1 amide bonds. The number of hydrogen-bond donors (Lipinski definition) is 2. The van der Waals surface area contributed by atoms with Crippen LogP contribution >= 0.6 is 11.3 Å². The van der Waals surface area contributed by atoms with E-state index in [-0.39, 0.29) is 18.6 Å². The van der Waals surface area contributed by atoms with Crippen LogP contribution in [0.15, 0.2) is 28.1 Å². The van der Waals surface area contributed by atoms with Crippen LogP contribution in [0.2, 0.25) is 0 Å².